The molecule has 0 spiro atoms. The van der Waals surface area contributed by atoms with Crippen molar-refractivity contribution in [2.24, 2.45) is 0 Å². The lowest BCUT2D eigenvalue weighted by molar-refractivity contribution is 0.574. The van der Waals surface area contributed by atoms with Crippen molar-refractivity contribution in [3.8, 4) is 0 Å². The molecule has 1 aromatic rings. The Morgan fingerprint density at radius 2 is 1.34 bits per heavy atom. The Morgan fingerprint density at radius 3 is 1.79 bits per heavy atom. The van der Waals surface area contributed by atoms with Gasteiger partial charge in [0.05, 0.1) is 4.90 Å². The van der Waals surface area contributed by atoms with Gasteiger partial charge < -0.3 is 0 Å². The van der Waals surface area contributed by atoms with Gasteiger partial charge in [-0.15, -0.1) is 0 Å². The summed E-state index contributed by atoms with van der Waals surface area (Å²) in [7, 11) is -3.53. The number of rotatable bonds is 13. The molecular weight excluding hydrogens is 378 g/mol. The highest BCUT2D eigenvalue weighted by molar-refractivity contribution is 7.89. The van der Waals surface area contributed by atoms with Gasteiger partial charge in [0.25, 0.3) is 0 Å². The zero-order valence-electron chi connectivity index (χ0n) is 19.7. The predicted molar refractivity (Wildman–Crippen MR) is 126 cm³/mol. The van der Waals surface area contributed by atoms with Crippen LogP contribution in [0.2, 0.25) is 0 Å². The van der Waals surface area contributed by atoms with Gasteiger partial charge in [-0.05, 0) is 60.1 Å². The van der Waals surface area contributed by atoms with E-state index in [4.69, 9.17) is 0 Å². The minimum atomic E-state index is -3.53. The largest absolute Gasteiger partial charge is 0.241 e. The molecule has 0 fully saturated rings. The van der Waals surface area contributed by atoms with E-state index in [9.17, 15) is 8.42 Å². The Balaban J connectivity index is 2.94. The van der Waals surface area contributed by atoms with E-state index in [-0.39, 0.29) is 11.8 Å². The summed E-state index contributed by atoms with van der Waals surface area (Å²) in [5.41, 5.74) is 3.08. The molecule has 0 atom stereocenters. The van der Waals surface area contributed by atoms with Gasteiger partial charge in [-0.1, -0.05) is 85.6 Å². The van der Waals surface area contributed by atoms with E-state index in [0.717, 1.165) is 30.4 Å². The smallest absolute Gasteiger partial charge is 0.211 e. The zero-order chi connectivity index (χ0) is 22.0. The molecule has 0 aliphatic carbocycles. The summed E-state index contributed by atoms with van der Waals surface area (Å²) in [5.74, 6) is 0.687. The molecular formula is C25H43NO2S. The van der Waals surface area contributed by atoms with Gasteiger partial charge in [0.2, 0.25) is 10.0 Å². The van der Waals surface area contributed by atoms with Crippen molar-refractivity contribution in [3.05, 3.63) is 41.0 Å². The number of hydrogen-bond acceptors (Lipinski definition) is 2. The third-order valence-corrected chi connectivity index (χ3v) is 6.92. The maximum Gasteiger partial charge on any atom is 0.241 e. The average molecular weight is 422 g/mol. The summed E-state index contributed by atoms with van der Waals surface area (Å²) < 4.78 is 29.3. The first-order valence-corrected chi connectivity index (χ1v) is 12.9. The van der Waals surface area contributed by atoms with Crippen molar-refractivity contribution in [1.82, 2.24) is 4.72 Å². The van der Waals surface area contributed by atoms with Gasteiger partial charge in [-0.2, -0.15) is 0 Å². The second kappa shape index (κ2) is 12.5. The lowest BCUT2D eigenvalue weighted by Crippen LogP contribution is -2.27. The van der Waals surface area contributed by atoms with Crippen LogP contribution in [0.1, 0.15) is 121 Å². The van der Waals surface area contributed by atoms with Gasteiger partial charge in [0.15, 0.2) is 0 Å². The van der Waals surface area contributed by atoms with Crippen LogP contribution in [0.4, 0.5) is 0 Å². The minimum Gasteiger partial charge on any atom is -0.211 e. The van der Waals surface area contributed by atoms with Crippen molar-refractivity contribution >= 4 is 10.0 Å². The van der Waals surface area contributed by atoms with E-state index < -0.39 is 10.0 Å². The highest BCUT2D eigenvalue weighted by Gasteiger charge is 2.26. The standard InChI is InChI=1S/C25H43NO2S/c1-8-9-10-11-12-13-14-15-16-26-29(27,28)25-23(20(4)5)17-22(19(2)3)18-24(25)21(6)7/h12-13,17-21,26H,8-11,14-16H2,1-7H3/b13-12-. The van der Waals surface area contributed by atoms with Crippen LogP contribution in [0, 0.1) is 0 Å². The predicted octanol–water partition coefficient (Wildman–Crippen LogP) is 7.25. The first-order valence-electron chi connectivity index (χ1n) is 11.4. The number of sulfonamides is 1. The lowest BCUT2D eigenvalue weighted by Gasteiger charge is -2.23. The zero-order valence-corrected chi connectivity index (χ0v) is 20.5. The Kier molecular flexibility index (Phi) is 11.2. The summed E-state index contributed by atoms with van der Waals surface area (Å²) in [6, 6.07) is 4.18. The van der Waals surface area contributed by atoms with E-state index >= 15 is 0 Å². The number of benzene rings is 1. The van der Waals surface area contributed by atoms with Gasteiger partial charge in [0.1, 0.15) is 0 Å². The first kappa shape index (κ1) is 25.9. The molecule has 3 nitrogen and oxygen atoms in total. The second-order valence-electron chi connectivity index (χ2n) is 9.00. The highest BCUT2D eigenvalue weighted by atomic mass is 32.2. The molecule has 29 heavy (non-hydrogen) atoms. The van der Waals surface area contributed by atoms with Crippen LogP contribution in [0.15, 0.2) is 29.2 Å². The molecule has 0 unspecified atom stereocenters. The molecule has 1 rings (SSSR count). The third-order valence-electron chi connectivity index (χ3n) is 5.33. The molecule has 1 aromatic carbocycles. The lowest BCUT2D eigenvalue weighted by atomic mass is 9.89. The Labute approximate surface area is 180 Å². The Bertz CT molecular complexity index is 717. The molecule has 0 amide bonds. The summed E-state index contributed by atoms with van der Waals surface area (Å²) in [5, 5.41) is 0. The third kappa shape index (κ3) is 8.25. The van der Waals surface area contributed by atoms with Crippen molar-refractivity contribution in [2.45, 2.75) is 110 Å². The summed E-state index contributed by atoms with van der Waals surface area (Å²) >= 11 is 0. The van der Waals surface area contributed by atoms with Crippen LogP contribution in [0.3, 0.4) is 0 Å². The summed E-state index contributed by atoms with van der Waals surface area (Å²) in [6.07, 6.45) is 11.0. The van der Waals surface area contributed by atoms with Crippen LogP contribution in [-0.4, -0.2) is 15.0 Å². The van der Waals surface area contributed by atoms with Crippen LogP contribution < -0.4 is 4.72 Å². The SMILES string of the molecule is CCCCC/C=C\CCCNS(=O)(=O)c1c(C(C)C)cc(C(C)C)cc1C(C)C. The first-order chi connectivity index (χ1) is 13.6. The number of nitrogens with one attached hydrogen (secondary N) is 1. The number of unbranched alkanes of at least 4 members (excludes halogenated alkanes) is 4. The molecule has 0 aliphatic rings. The summed E-state index contributed by atoms with van der Waals surface area (Å²) in [4.78, 5) is 0.502. The molecule has 0 saturated heterocycles. The molecule has 0 aliphatic heterocycles. The van der Waals surface area contributed by atoms with Crippen LogP contribution in [0.5, 0.6) is 0 Å². The molecule has 1 N–H and O–H groups in total. The van der Waals surface area contributed by atoms with Crippen molar-refractivity contribution in [1.29, 1.82) is 0 Å². The molecule has 166 valence electrons. The highest BCUT2D eigenvalue weighted by Crippen LogP contribution is 2.34. The van der Waals surface area contributed by atoms with Gasteiger partial charge in [-0.3, -0.25) is 0 Å². The van der Waals surface area contributed by atoms with E-state index in [0.29, 0.717) is 17.4 Å². The van der Waals surface area contributed by atoms with E-state index in [1.807, 2.05) is 0 Å². The Hall–Kier alpha value is -1.13. The fourth-order valence-corrected chi connectivity index (χ4v) is 5.21. The summed E-state index contributed by atoms with van der Waals surface area (Å²) in [6.45, 7) is 15.3. The molecule has 0 saturated carbocycles. The molecule has 0 bridgehead atoms. The topological polar surface area (TPSA) is 46.2 Å². The number of hydrogen-bond donors (Lipinski definition) is 1. The maximum atomic E-state index is 13.2. The average Bonchev–Trinajstić information content (AvgIpc) is 2.65. The molecule has 4 heteroatoms. The quantitative estimate of drug-likeness (QED) is 0.269. The second-order valence-corrected chi connectivity index (χ2v) is 10.7. The molecule has 0 radical (unpaired) electrons. The van der Waals surface area contributed by atoms with E-state index in [1.165, 1.54) is 24.8 Å². The molecule has 0 heterocycles. The van der Waals surface area contributed by atoms with Crippen molar-refractivity contribution in [2.75, 3.05) is 6.54 Å². The maximum absolute atomic E-state index is 13.2. The van der Waals surface area contributed by atoms with Gasteiger partial charge in [-0.25, -0.2) is 13.1 Å². The number of allylic oxidation sites excluding steroid dienone is 2. The normalized spacial score (nSPS) is 12.8. The fourth-order valence-electron chi connectivity index (χ4n) is 3.45. The van der Waals surface area contributed by atoms with Crippen molar-refractivity contribution in [3.63, 3.8) is 0 Å². The van der Waals surface area contributed by atoms with E-state index in [1.54, 1.807) is 0 Å². The fraction of sp³-hybridized carbons (Fsp3) is 0.680. The van der Waals surface area contributed by atoms with E-state index in [2.05, 4.69) is 77.5 Å². The van der Waals surface area contributed by atoms with Crippen molar-refractivity contribution < 1.29 is 8.42 Å². The Morgan fingerprint density at radius 1 is 0.828 bits per heavy atom. The van der Waals surface area contributed by atoms with Crippen LogP contribution >= 0.6 is 0 Å². The van der Waals surface area contributed by atoms with Gasteiger partial charge in [0, 0.05) is 6.54 Å². The molecule has 0 aromatic heterocycles. The van der Waals surface area contributed by atoms with Gasteiger partial charge >= 0.3 is 0 Å². The van der Waals surface area contributed by atoms with Crippen LogP contribution in [0.25, 0.3) is 0 Å². The minimum absolute atomic E-state index is 0.156. The van der Waals surface area contributed by atoms with Crippen LogP contribution in [-0.2, 0) is 10.0 Å². The monoisotopic (exact) mass is 421 g/mol.